The molecule has 1 heterocycles. The Morgan fingerprint density at radius 2 is 1.95 bits per heavy atom. The van der Waals surface area contributed by atoms with Crippen molar-refractivity contribution in [1.82, 2.24) is 20.2 Å². The minimum atomic E-state index is -1.05. The first-order chi connectivity index (χ1) is 9.49. The van der Waals surface area contributed by atoms with Crippen LogP contribution in [0.15, 0.2) is 18.2 Å². The first-order valence-electron chi connectivity index (χ1n) is 5.99. The van der Waals surface area contributed by atoms with E-state index in [2.05, 4.69) is 15.4 Å². The highest BCUT2D eigenvalue weighted by atomic mass is 19.1. The number of nitrogens with two attached hydrogens (primary N) is 1. The summed E-state index contributed by atoms with van der Waals surface area (Å²) in [5.74, 6) is -1.10. The lowest BCUT2D eigenvalue weighted by atomic mass is 9.78. The predicted molar refractivity (Wildman–Crippen MR) is 66.7 cm³/mol. The third-order valence-electron chi connectivity index (χ3n) is 3.21. The molecule has 1 aromatic heterocycles. The fraction of sp³-hybridized carbons (Fsp3) is 0.417. The summed E-state index contributed by atoms with van der Waals surface area (Å²) in [6.07, 6.45) is 0.136. The summed E-state index contributed by atoms with van der Waals surface area (Å²) in [5.41, 5.74) is 4.94. The molecule has 0 fully saturated rings. The topological polar surface area (TPSA) is 89.9 Å². The molecule has 0 aliphatic rings. The fourth-order valence-corrected chi connectivity index (χ4v) is 2.06. The Bertz CT molecular complexity index is 577. The first-order valence-corrected chi connectivity index (χ1v) is 5.99. The number of hydrogen-bond acceptors (Lipinski definition) is 5. The van der Waals surface area contributed by atoms with Gasteiger partial charge in [0.1, 0.15) is 11.6 Å². The smallest absolute Gasteiger partial charge is 0.175 e. The van der Waals surface area contributed by atoms with E-state index >= 15 is 0 Å². The van der Waals surface area contributed by atoms with Gasteiger partial charge < -0.3 is 10.8 Å². The van der Waals surface area contributed by atoms with E-state index in [-0.39, 0.29) is 25.1 Å². The third-order valence-corrected chi connectivity index (χ3v) is 3.21. The van der Waals surface area contributed by atoms with Gasteiger partial charge in [-0.25, -0.2) is 8.78 Å². The number of aromatic nitrogens is 4. The van der Waals surface area contributed by atoms with E-state index in [0.717, 1.165) is 18.2 Å². The Labute approximate surface area is 114 Å². The Morgan fingerprint density at radius 1 is 1.30 bits per heavy atom. The molecule has 0 spiro atoms. The van der Waals surface area contributed by atoms with Crippen molar-refractivity contribution in [3.05, 3.63) is 41.2 Å². The highest BCUT2D eigenvalue weighted by Crippen LogP contribution is 2.27. The van der Waals surface area contributed by atoms with Crippen molar-refractivity contribution >= 4 is 0 Å². The second-order valence-electron chi connectivity index (χ2n) is 4.67. The van der Waals surface area contributed by atoms with Crippen LogP contribution in [0.1, 0.15) is 11.4 Å². The maximum Gasteiger partial charge on any atom is 0.175 e. The maximum atomic E-state index is 13.4. The summed E-state index contributed by atoms with van der Waals surface area (Å²) < 4.78 is 26.7. The Kier molecular flexibility index (Phi) is 4.05. The second kappa shape index (κ2) is 5.59. The van der Waals surface area contributed by atoms with Gasteiger partial charge in [-0.15, -0.1) is 10.2 Å². The van der Waals surface area contributed by atoms with Gasteiger partial charge in [-0.3, -0.25) is 0 Å². The fourth-order valence-electron chi connectivity index (χ4n) is 2.06. The van der Waals surface area contributed by atoms with Gasteiger partial charge in [0, 0.05) is 24.4 Å². The minimum absolute atomic E-state index is 0.00928. The molecular formula is C12H15F2N5O. The molecule has 108 valence electrons. The molecule has 0 bridgehead atoms. The van der Waals surface area contributed by atoms with E-state index in [1.54, 1.807) is 7.05 Å². The standard InChI is InChI=1S/C12H15F2N5O/c1-19-17-11(16-18-19)5-12(6-15,7-20)8-2-9(13)4-10(14)3-8/h2-4,20H,5-7,15H2,1H3. The molecule has 8 heteroatoms. The average Bonchev–Trinajstić information content (AvgIpc) is 2.80. The summed E-state index contributed by atoms with van der Waals surface area (Å²) in [6.45, 7) is -0.394. The number of tetrazole rings is 1. The quantitative estimate of drug-likeness (QED) is 0.801. The molecule has 0 saturated heterocycles. The van der Waals surface area contributed by atoms with Crippen LogP contribution >= 0.6 is 0 Å². The molecule has 0 radical (unpaired) electrons. The molecule has 2 aromatic rings. The van der Waals surface area contributed by atoms with E-state index < -0.39 is 17.0 Å². The number of aliphatic hydroxyl groups is 1. The van der Waals surface area contributed by atoms with Gasteiger partial charge in [-0.1, -0.05) is 0 Å². The molecule has 1 aromatic carbocycles. The van der Waals surface area contributed by atoms with Crippen LogP contribution in [0, 0.1) is 11.6 Å². The predicted octanol–water partition coefficient (Wildman–Crippen LogP) is -0.0802. The van der Waals surface area contributed by atoms with Gasteiger partial charge in [-0.05, 0) is 22.9 Å². The van der Waals surface area contributed by atoms with Gasteiger partial charge in [0.05, 0.1) is 13.7 Å². The lowest BCUT2D eigenvalue weighted by Crippen LogP contribution is -2.41. The van der Waals surface area contributed by atoms with E-state index in [1.165, 1.54) is 4.80 Å². The van der Waals surface area contributed by atoms with Crippen LogP contribution in [0.4, 0.5) is 8.78 Å². The number of halogens is 2. The molecule has 3 N–H and O–H groups in total. The minimum Gasteiger partial charge on any atom is -0.395 e. The zero-order valence-corrected chi connectivity index (χ0v) is 10.9. The Hall–Kier alpha value is -1.93. The van der Waals surface area contributed by atoms with Crippen molar-refractivity contribution in [2.24, 2.45) is 12.8 Å². The van der Waals surface area contributed by atoms with Crippen molar-refractivity contribution in [1.29, 1.82) is 0 Å². The summed E-state index contributed by atoms with van der Waals surface area (Å²) in [7, 11) is 1.60. The first kappa shape index (κ1) is 14.5. The zero-order chi connectivity index (χ0) is 14.8. The van der Waals surface area contributed by atoms with Crippen molar-refractivity contribution in [3.8, 4) is 0 Å². The number of aliphatic hydroxyl groups excluding tert-OH is 1. The van der Waals surface area contributed by atoms with E-state index in [4.69, 9.17) is 5.73 Å². The number of rotatable bonds is 5. The lowest BCUT2D eigenvalue weighted by Gasteiger charge is -2.29. The summed E-state index contributed by atoms with van der Waals surface area (Å²) in [6, 6.07) is 3.08. The monoisotopic (exact) mass is 283 g/mol. The molecule has 2 rings (SSSR count). The molecule has 20 heavy (non-hydrogen) atoms. The SMILES string of the molecule is Cn1nnc(CC(CN)(CO)c2cc(F)cc(F)c2)n1. The maximum absolute atomic E-state index is 13.4. The van der Waals surface area contributed by atoms with Gasteiger partial charge in [-0.2, -0.15) is 4.80 Å². The highest BCUT2D eigenvalue weighted by molar-refractivity contribution is 5.29. The van der Waals surface area contributed by atoms with Crippen LogP contribution in [0.5, 0.6) is 0 Å². The number of benzene rings is 1. The van der Waals surface area contributed by atoms with E-state index in [1.807, 2.05) is 0 Å². The Balaban J connectivity index is 2.42. The molecule has 0 aliphatic heterocycles. The summed E-state index contributed by atoms with van der Waals surface area (Å²) >= 11 is 0. The van der Waals surface area contributed by atoms with Crippen LogP contribution in [-0.2, 0) is 18.9 Å². The molecule has 0 amide bonds. The average molecular weight is 283 g/mol. The van der Waals surface area contributed by atoms with Crippen molar-refractivity contribution in [3.63, 3.8) is 0 Å². The molecule has 6 nitrogen and oxygen atoms in total. The second-order valence-corrected chi connectivity index (χ2v) is 4.67. The van der Waals surface area contributed by atoms with Crippen LogP contribution in [0.3, 0.4) is 0 Å². The van der Waals surface area contributed by atoms with Crippen molar-refractivity contribution < 1.29 is 13.9 Å². The molecule has 0 aliphatic carbocycles. The zero-order valence-electron chi connectivity index (χ0n) is 10.9. The van der Waals surface area contributed by atoms with Crippen molar-refractivity contribution in [2.75, 3.05) is 13.2 Å². The van der Waals surface area contributed by atoms with Gasteiger partial charge in [0.2, 0.25) is 0 Å². The largest absolute Gasteiger partial charge is 0.395 e. The molecule has 0 saturated carbocycles. The summed E-state index contributed by atoms with van der Waals surface area (Å²) in [5, 5.41) is 21.2. The molecule has 1 atom stereocenters. The Morgan fingerprint density at radius 3 is 2.40 bits per heavy atom. The number of nitrogens with zero attached hydrogens (tertiary/aromatic N) is 4. The number of hydrogen-bond donors (Lipinski definition) is 2. The molecule has 1 unspecified atom stereocenters. The summed E-state index contributed by atoms with van der Waals surface area (Å²) in [4.78, 5) is 1.26. The van der Waals surface area contributed by atoms with Gasteiger partial charge in [0.25, 0.3) is 0 Å². The lowest BCUT2D eigenvalue weighted by molar-refractivity contribution is 0.193. The molecular weight excluding hydrogens is 268 g/mol. The normalized spacial score (nSPS) is 14.2. The van der Waals surface area contributed by atoms with Crippen LogP contribution < -0.4 is 5.73 Å². The highest BCUT2D eigenvalue weighted by Gasteiger charge is 2.33. The van der Waals surface area contributed by atoms with Gasteiger partial charge >= 0.3 is 0 Å². The van der Waals surface area contributed by atoms with E-state index in [0.29, 0.717) is 5.82 Å². The third kappa shape index (κ3) is 2.81. The van der Waals surface area contributed by atoms with Crippen LogP contribution in [-0.4, -0.2) is 38.5 Å². The van der Waals surface area contributed by atoms with Crippen molar-refractivity contribution in [2.45, 2.75) is 11.8 Å². The number of aryl methyl sites for hydroxylation is 1. The van der Waals surface area contributed by atoms with Crippen LogP contribution in [0.25, 0.3) is 0 Å². The van der Waals surface area contributed by atoms with E-state index in [9.17, 15) is 13.9 Å². The van der Waals surface area contributed by atoms with Gasteiger partial charge in [0.15, 0.2) is 5.82 Å². The van der Waals surface area contributed by atoms with Crippen LogP contribution in [0.2, 0.25) is 0 Å².